The second-order valence-electron chi connectivity index (χ2n) is 3.90. The first-order valence-electron chi connectivity index (χ1n) is 5.87. The van der Waals surface area contributed by atoms with Gasteiger partial charge in [-0.05, 0) is 24.3 Å². The maximum atomic E-state index is 11.3. The van der Waals surface area contributed by atoms with E-state index in [-0.39, 0.29) is 5.75 Å². The van der Waals surface area contributed by atoms with E-state index in [1.165, 1.54) is 0 Å². The highest BCUT2D eigenvalue weighted by Gasteiger charge is 2.10. The summed E-state index contributed by atoms with van der Waals surface area (Å²) in [4.78, 5) is 26.0. The fourth-order valence-corrected chi connectivity index (χ4v) is 2.09. The van der Waals surface area contributed by atoms with E-state index in [0.29, 0.717) is 11.0 Å². The maximum Gasteiger partial charge on any atom is 0.318 e. The Morgan fingerprint density at radius 2 is 2.10 bits per heavy atom. The minimum absolute atomic E-state index is 0.00282. The Balaban J connectivity index is 1.97. The molecule has 0 spiro atoms. The van der Waals surface area contributed by atoms with Crippen LogP contribution in [0.4, 0.5) is 4.79 Å². The largest absolute Gasteiger partial charge is 0.497 e. The molecule has 0 aliphatic carbocycles. The summed E-state index contributed by atoms with van der Waals surface area (Å²) in [5, 5.41) is 9.13. The van der Waals surface area contributed by atoms with Gasteiger partial charge in [-0.3, -0.25) is 15.2 Å². The number of urea groups is 1. The number of aromatic nitrogens is 3. The van der Waals surface area contributed by atoms with Crippen LogP contribution < -0.4 is 15.8 Å². The highest BCUT2D eigenvalue weighted by molar-refractivity contribution is 7.99. The lowest BCUT2D eigenvalue weighted by molar-refractivity contribution is -0.117. The van der Waals surface area contributed by atoms with E-state index >= 15 is 0 Å². The molecule has 0 atom stereocenters. The van der Waals surface area contributed by atoms with E-state index in [0.717, 1.165) is 23.1 Å². The van der Waals surface area contributed by atoms with Crippen molar-refractivity contribution in [2.75, 3.05) is 12.9 Å². The molecule has 9 heteroatoms. The van der Waals surface area contributed by atoms with Gasteiger partial charge in [0.1, 0.15) is 5.75 Å². The molecule has 0 aliphatic heterocycles. The van der Waals surface area contributed by atoms with Crippen molar-refractivity contribution in [3.63, 3.8) is 0 Å². The van der Waals surface area contributed by atoms with Crippen LogP contribution in [-0.4, -0.2) is 40.0 Å². The van der Waals surface area contributed by atoms with Gasteiger partial charge >= 0.3 is 6.03 Å². The molecule has 0 aliphatic rings. The number of hydrogen-bond acceptors (Lipinski definition) is 6. The minimum atomic E-state index is -0.880. The van der Waals surface area contributed by atoms with Crippen LogP contribution in [0, 0.1) is 0 Å². The zero-order valence-electron chi connectivity index (χ0n) is 11.1. The molecule has 1 aromatic heterocycles. The first kappa shape index (κ1) is 14.9. The number of hydrogen-bond donors (Lipinski definition) is 3. The van der Waals surface area contributed by atoms with Gasteiger partial charge in [0.05, 0.1) is 12.9 Å². The Hall–Kier alpha value is -2.55. The zero-order valence-corrected chi connectivity index (χ0v) is 11.9. The number of thioether (sulfide) groups is 1. The molecule has 8 nitrogen and oxygen atoms in total. The second-order valence-corrected chi connectivity index (χ2v) is 4.84. The summed E-state index contributed by atoms with van der Waals surface area (Å²) in [6.07, 6.45) is 0. The van der Waals surface area contributed by atoms with E-state index in [1.54, 1.807) is 7.11 Å². The van der Waals surface area contributed by atoms with Crippen LogP contribution in [0.3, 0.4) is 0 Å². The lowest BCUT2D eigenvalue weighted by Gasteiger charge is -2.00. The van der Waals surface area contributed by atoms with Crippen LogP contribution in [0.2, 0.25) is 0 Å². The lowest BCUT2D eigenvalue weighted by Crippen LogP contribution is -2.36. The van der Waals surface area contributed by atoms with E-state index in [9.17, 15) is 9.59 Å². The molecule has 1 heterocycles. The summed E-state index contributed by atoms with van der Waals surface area (Å²) in [7, 11) is 1.59. The third kappa shape index (κ3) is 4.21. The van der Waals surface area contributed by atoms with Crippen LogP contribution in [0.5, 0.6) is 5.75 Å². The van der Waals surface area contributed by atoms with E-state index in [1.807, 2.05) is 29.6 Å². The molecule has 4 N–H and O–H groups in total. The normalized spacial score (nSPS) is 10.1. The van der Waals surface area contributed by atoms with Crippen molar-refractivity contribution < 1.29 is 14.3 Å². The number of ether oxygens (including phenoxy) is 1. The minimum Gasteiger partial charge on any atom is -0.497 e. The van der Waals surface area contributed by atoms with E-state index < -0.39 is 11.9 Å². The first-order valence-corrected chi connectivity index (χ1v) is 6.86. The summed E-state index contributed by atoms with van der Waals surface area (Å²) in [5.74, 6) is 0.831. The van der Waals surface area contributed by atoms with Crippen LogP contribution in [0.1, 0.15) is 0 Å². The Labute approximate surface area is 124 Å². The predicted molar refractivity (Wildman–Crippen MR) is 76.8 cm³/mol. The van der Waals surface area contributed by atoms with Crippen LogP contribution in [0.15, 0.2) is 29.4 Å². The number of H-pyrrole nitrogens is 1. The molecule has 21 heavy (non-hydrogen) atoms. The Morgan fingerprint density at radius 3 is 2.71 bits per heavy atom. The van der Waals surface area contributed by atoms with Crippen molar-refractivity contribution in [2.45, 2.75) is 5.16 Å². The number of nitrogens with two attached hydrogens (primary N) is 1. The molecule has 2 rings (SSSR count). The standard InChI is InChI=1S/C12H13N5O3S/c1-20-8-4-2-7(3-5-8)10-15-12(17-16-10)21-6-9(18)14-11(13)19/h2-5H,6H2,1H3,(H,15,16,17)(H3,13,14,18,19). The number of nitrogens with zero attached hydrogens (tertiary/aromatic N) is 2. The average molecular weight is 307 g/mol. The number of rotatable bonds is 5. The number of aromatic amines is 1. The molecule has 110 valence electrons. The third-order valence-corrected chi connectivity index (χ3v) is 3.27. The highest BCUT2D eigenvalue weighted by Crippen LogP contribution is 2.21. The number of nitrogens with one attached hydrogen (secondary N) is 2. The summed E-state index contributed by atoms with van der Waals surface area (Å²) in [6, 6.07) is 6.42. The number of carbonyl (C=O) groups is 2. The van der Waals surface area contributed by atoms with Gasteiger partial charge in [0.2, 0.25) is 11.1 Å². The Kier molecular flexibility index (Phi) is 4.77. The number of primary amides is 1. The molecular weight excluding hydrogens is 294 g/mol. The summed E-state index contributed by atoms with van der Waals surface area (Å²) in [6.45, 7) is 0. The third-order valence-electron chi connectivity index (χ3n) is 2.42. The topological polar surface area (TPSA) is 123 Å². The SMILES string of the molecule is COc1ccc(-c2nc(SCC(=O)NC(N)=O)n[nH]2)cc1. The van der Waals surface area contributed by atoms with Crippen LogP contribution in [-0.2, 0) is 4.79 Å². The van der Waals surface area contributed by atoms with Crippen molar-refractivity contribution in [1.29, 1.82) is 0 Å². The average Bonchev–Trinajstić information content (AvgIpc) is 2.93. The highest BCUT2D eigenvalue weighted by atomic mass is 32.2. The molecule has 3 amide bonds. The molecule has 0 unspecified atom stereocenters. The van der Waals surface area contributed by atoms with Crippen molar-refractivity contribution in [3.8, 4) is 17.1 Å². The van der Waals surface area contributed by atoms with Gasteiger partial charge in [-0.2, -0.15) is 0 Å². The molecule has 0 saturated heterocycles. The van der Waals surface area contributed by atoms with Gasteiger partial charge in [0.25, 0.3) is 0 Å². The summed E-state index contributed by atoms with van der Waals surface area (Å²) in [5.41, 5.74) is 5.68. The van der Waals surface area contributed by atoms with Gasteiger partial charge in [0.15, 0.2) is 5.82 Å². The fourth-order valence-electron chi connectivity index (χ4n) is 1.49. The van der Waals surface area contributed by atoms with Crippen molar-refractivity contribution in [2.24, 2.45) is 5.73 Å². The molecule has 1 aromatic carbocycles. The zero-order chi connectivity index (χ0) is 15.2. The number of imide groups is 1. The Bertz CT molecular complexity index is 641. The van der Waals surface area contributed by atoms with Gasteiger partial charge in [0, 0.05) is 5.56 Å². The quantitative estimate of drug-likeness (QED) is 0.701. The van der Waals surface area contributed by atoms with Crippen molar-refractivity contribution in [1.82, 2.24) is 20.5 Å². The molecular formula is C12H13N5O3S. The number of amides is 3. The number of methoxy groups -OCH3 is 1. The van der Waals surface area contributed by atoms with Gasteiger partial charge in [-0.25, -0.2) is 9.78 Å². The summed E-state index contributed by atoms with van der Waals surface area (Å²) < 4.78 is 5.07. The molecule has 0 radical (unpaired) electrons. The summed E-state index contributed by atoms with van der Waals surface area (Å²) >= 11 is 1.10. The van der Waals surface area contributed by atoms with Crippen LogP contribution >= 0.6 is 11.8 Å². The smallest absolute Gasteiger partial charge is 0.318 e. The monoisotopic (exact) mass is 307 g/mol. The van der Waals surface area contributed by atoms with Gasteiger partial charge in [-0.15, -0.1) is 5.10 Å². The Morgan fingerprint density at radius 1 is 1.38 bits per heavy atom. The van der Waals surface area contributed by atoms with E-state index in [4.69, 9.17) is 10.5 Å². The lowest BCUT2D eigenvalue weighted by atomic mass is 10.2. The molecule has 2 aromatic rings. The van der Waals surface area contributed by atoms with Crippen molar-refractivity contribution in [3.05, 3.63) is 24.3 Å². The number of carbonyl (C=O) groups excluding carboxylic acids is 2. The van der Waals surface area contributed by atoms with Crippen LogP contribution in [0.25, 0.3) is 11.4 Å². The van der Waals surface area contributed by atoms with E-state index in [2.05, 4.69) is 15.2 Å². The molecule has 0 bridgehead atoms. The first-order chi connectivity index (χ1) is 10.1. The fraction of sp³-hybridized carbons (Fsp3) is 0.167. The van der Waals surface area contributed by atoms with Gasteiger partial charge in [-0.1, -0.05) is 11.8 Å². The molecule has 0 saturated carbocycles. The second kappa shape index (κ2) is 6.75. The van der Waals surface area contributed by atoms with Crippen molar-refractivity contribution >= 4 is 23.7 Å². The molecule has 0 fully saturated rings. The number of benzene rings is 1. The maximum absolute atomic E-state index is 11.3. The van der Waals surface area contributed by atoms with Gasteiger partial charge < -0.3 is 10.5 Å². The predicted octanol–water partition coefficient (Wildman–Crippen LogP) is 0.767.